The van der Waals surface area contributed by atoms with Crippen LogP contribution in [0.5, 0.6) is 5.75 Å². The van der Waals surface area contributed by atoms with E-state index in [9.17, 15) is 10.1 Å². The third kappa shape index (κ3) is 3.71. The number of benzene rings is 1. The van der Waals surface area contributed by atoms with Crippen LogP contribution in [-0.4, -0.2) is 17.4 Å². The van der Waals surface area contributed by atoms with Crippen LogP contribution in [0.2, 0.25) is 0 Å². The molecule has 18 heavy (non-hydrogen) atoms. The van der Waals surface area contributed by atoms with Crippen LogP contribution in [0.1, 0.15) is 12.5 Å². The highest BCUT2D eigenvalue weighted by Gasteiger charge is 2.20. The van der Waals surface area contributed by atoms with Crippen molar-refractivity contribution in [2.24, 2.45) is 5.92 Å². The average molecular weight is 381 g/mol. The number of halogens is 2. The number of nitrogens with zero attached hydrogens (tertiary/aromatic N) is 2. The van der Waals surface area contributed by atoms with Gasteiger partial charge in [0.1, 0.15) is 0 Å². The van der Waals surface area contributed by atoms with Crippen LogP contribution in [0.25, 0.3) is 0 Å². The summed E-state index contributed by atoms with van der Waals surface area (Å²) in [4.78, 5) is 10.4. The maximum Gasteiger partial charge on any atom is 0.313 e. The topological polar surface area (TPSA) is 76.2 Å². The predicted octanol–water partition coefficient (Wildman–Crippen LogP) is 3.32. The number of nitriles is 1. The molecule has 1 rings (SSSR count). The first-order chi connectivity index (χ1) is 8.49. The fourth-order valence-electron chi connectivity index (χ4n) is 1.19. The smallest absolute Gasteiger partial charge is 0.313 e. The molecule has 1 unspecified atom stereocenters. The number of rotatable bonds is 5. The molecule has 0 aliphatic rings. The molecular weight excluding hydrogens is 370 g/mol. The predicted molar refractivity (Wildman–Crippen MR) is 75.9 cm³/mol. The van der Waals surface area contributed by atoms with Crippen LogP contribution in [0, 0.1) is 30.9 Å². The normalized spacial score (nSPS) is 11.7. The Hall–Kier alpha value is -1.07. The fraction of sp³-hybridized carbons (Fsp3) is 0.364. The lowest BCUT2D eigenvalue weighted by Crippen LogP contribution is -2.11. The number of nitro benzene ring substituents is 1. The van der Waals surface area contributed by atoms with Crippen LogP contribution in [0.3, 0.4) is 0 Å². The van der Waals surface area contributed by atoms with Crippen molar-refractivity contribution in [3.05, 3.63) is 31.4 Å². The lowest BCUT2D eigenvalue weighted by atomic mass is 10.2. The first-order valence-electron chi connectivity index (χ1n) is 5.06. The van der Waals surface area contributed by atoms with Gasteiger partial charge < -0.3 is 4.74 Å². The van der Waals surface area contributed by atoms with E-state index < -0.39 is 4.92 Å². The van der Waals surface area contributed by atoms with E-state index in [1.165, 1.54) is 6.07 Å². The summed E-state index contributed by atoms with van der Waals surface area (Å²) in [5.41, 5.74) is 0.0454. The zero-order valence-electron chi connectivity index (χ0n) is 9.52. The molecule has 0 aromatic heterocycles. The molecule has 1 aromatic carbocycles. The second kappa shape index (κ2) is 6.75. The van der Waals surface area contributed by atoms with Crippen molar-refractivity contribution in [2.45, 2.75) is 6.92 Å². The zero-order chi connectivity index (χ0) is 13.7. The quantitative estimate of drug-likeness (QED) is 0.340. The van der Waals surface area contributed by atoms with Crippen LogP contribution in [-0.2, 0) is 0 Å². The molecule has 0 bridgehead atoms. The van der Waals surface area contributed by atoms with E-state index in [0.29, 0.717) is 16.1 Å². The molecule has 0 saturated carbocycles. The molecule has 0 saturated heterocycles. The number of nitro groups is 1. The Bertz CT molecular complexity index is 502. The SMILES string of the molecule is CC(CCl)COc1c(I)cc(C#N)cc1[N+](=O)[O-]. The minimum Gasteiger partial charge on any atom is -0.486 e. The Morgan fingerprint density at radius 2 is 2.33 bits per heavy atom. The van der Waals surface area contributed by atoms with Crippen LogP contribution < -0.4 is 4.74 Å². The Labute approximate surface area is 123 Å². The van der Waals surface area contributed by atoms with Gasteiger partial charge in [0.15, 0.2) is 0 Å². The van der Waals surface area contributed by atoms with E-state index in [-0.39, 0.29) is 22.9 Å². The Morgan fingerprint density at radius 1 is 1.67 bits per heavy atom. The molecule has 0 aliphatic carbocycles. The van der Waals surface area contributed by atoms with Gasteiger partial charge in [-0.15, -0.1) is 11.6 Å². The van der Waals surface area contributed by atoms with E-state index in [2.05, 4.69) is 0 Å². The molecule has 1 atom stereocenters. The molecular formula is C11H10ClIN2O3. The molecule has 7 heteroatoms. The van der Waals surface area contributed by atoms with Gasteiger partial charge in [-0.1, -0.05) is 6.92 Å². The number of alkyl halides is 1. The highest BCUT2D eigenvalue weighted by Crippen LogP contribution is 2.33. The summed E-state index contributed by atoms with van der Waals surface area (Å²) in [5, 5.41) is 19.7. The summed E-state index contributed by atoms with van der Waals surface area (Å²) in [7, 11) is 0. The average Bonchev–Trinajstić information content (AvgIpc) is 2.35. The van der Waals surface area contributed by atoms with Crippen molar-refractivity contribution >= 4 is 39.9 Å². The maximum atomic E-state index is 10.9. The van der Waals surface area contributed by atoms with E-state index in [1.807, 2.05) is 35.6 Å². The van der Waals surface area contributed by atoms with Gasteiger partial charge in [0, 0.05) is 17.9 Å². The third-order valence-electron chi connectivity index (χ3n) is 2.13. The van der Waals surface area contributed by atoms with Gasteiger partial charge in [-0.3, -0.25) is 10.1 Å². The van der Waals surface area contributed by atoms with Gasteiger partial charge in [-0.2, -0.15) is 5.26 Å². The van der Waals surface area contributed by atoms with Crippen molar-refractivity contribution in [2.75, 3.05) is 12.5 Å². The van der Waals surface area contributed by atoms with Crippen LogP contribution in [0.15, 0.2) is 12.1 Å². The lowest BCUT2D eigenvalue weighted by molar-refractivity contribution is -0.386. The van der Waals surface area contributed by atoms with Crippen LogP contribution in [0.4, 0.5) is 5.69 Å². The van der Waals surface area contributed by atoms with E-state index in [1.54, 1.807) is 6.07 Å². The van der Waals surface area contributed by atoms with E-state index in [4.69, 9.17) is 21.6 Å². The molecule has 0 amide bonds. The zero-order valence-corrected chi connectivity index (χ0v) is 12.4. The fourth-order valence-corrected chi connectivity index (χ4v) is 2.05. The molecule has 0 aliphatic heterocycles. The second-order valence-corrected chi connectivity index (χ2v) is 5.22. The summed E-state index contributed by atoms with van der Waals surface area (Å²) < 4.78 is 5.98. The van der Waals surface area contributed by atoms with Crippen molar-refractivity contribution in [1.82, 2.24) is 0 Å². The van der Waals surface area contributed by atoms with Gasteiger partial charge in [-0.25, -0.2) is 0 Å². The third-order valence-corrected chi connectivity index (χ3v) is 3.45. The Morgan fingerprint density at radius 3 is 2.83 bits per heavy atom. The number of hydrogen-bond donors (Lipinski definition) is 0. The standard InChI is InChI=1S/C11H10ClIN2O3/c1-7(4-12)6-18-11-9(13)2-8(5-14)3-10(11)15(16)17/h2-3,7H,4,6H2,1H3. The Kier molecular flexibility index (Phi) is 5.62. The first kappa shape index (κ1) is 15.0. The van der Waals surface area contributed by atoms with E-state index in [0.717, 1.165) is 0 Å². The molecule has 0 spiro atoms. The highest BCUT2D eigenvalue weighted by atomic mass is 127. The minimum absolute atomic E-state index is 0.0951. The van der Waals surface area contributed by atoms with Crippen molar-refractivity contribution in [1.29, 1.82) is 5.26 Å². The van der Waals surface area contributed by atoms with E-state index >= 15 is 0 Å². The molecule has 0 heterocycles. The van der Waals surface area contributed by atoms with Crippen molar-refractivity contribution < 1.29 is 9.66 Å². The summed E-state index contributed by atoms with van der Waals surface area (Å²) in [6.45, 7) is 2.18. The highest BCUT2D eigenvalue weighted by molar-refractivity contribution is 14.1. The van der Waals surface area contributed by atoms with Gasteiger partial charge in [-0.05, 0) is 28.7 Å². The summed E-state index contributed by atoms with van der Waals surface area (Å²) in [6, 6.07) is 4.64. The molecule has 1 aromatic rings. The van der Waals surface area contributed by atoms with Crippen LogP contribution >= 0.6 is 34.2 Å². The van der Waals surface area contributed by atoms with Crippen molar-refractivity contribution in [3.8, 4) is 11.8 Å². The van der Waals surface area contributed by atoms with Crippen molar-refractivity contribution in [3.63, 3.8) is 0 Å². The molecule has 0 N–H and O–H groups in total. The molecule has 96 valence electrons. The lowest BCUT2D eigenvalue weighted by Gasteiger charge is -2.12. The number of hydrogen-bond acceptors (Lipinski definition) is 4. The van der Waals surface area contributed by atoms with Gasteiger partial charge in [0.05, 0.1) is 26.7 Å². The number of ether oxygens (including phenoxy) is 1. The van der Waals surface area contributed by atoms with Gasteiger partial charge in [0.25, 0.3) is 0 Å². The van der Waals surface area contributed by atoms with Gasteiger partial charge in [0.2, 0.25) is 5.75 Å². The monoisotopic (exact) mass is 380 g/mol. The first-order valence-corrected chi connectivity index (χ1v) is 6.67. The second-order valence-electron chi connectivity index (χ2n) is 3.75. The summed E-state index contributed by atoms with van der Waals surface area (Å²) in [5.74, 6) is 0.704. The summed E-state index contributed by atoms with van der Waals surface area (Å²) in [6.07, 6.45) is 0. The largest absolute Gasteiger partial charge is 0.486 e. The molecule has 0 fully saturated rings. The molecule has 5 nitrogen and oxygen atoms in total. The molecule has 0 radical (unpaired) electrons. The summed E-state index contributed by atoms with van der Waals surface area (Å²) >= 11 is 7.56. The van der Waals surface area contributed by atoms with Gasteiger partial charge >= 0.3 is 5.69 Å². The minimum atomic E-state index is -0.552. The maximum absolute atomic E-state index is 10.9. The Balaban J connectivity index is 3.09.